The van der Waals surface area contributed by atoms with Gasteiger partial charge in [0.05, 0.1) is 15.8 Å². The highest BCUT2D eigenvalue weighted by molar-refractivity contribution is 7.26. The summed E-state index contributed by atoms with van der Waals surface area (Å²) in [6.07, 6.45) is 7.87. The van der Waals surface area contributed by atoms with Crippen molar-refractivity contribution in [2.45, 2.75) is 18.8 Å². The Morgan fingerprint density at radius 3 is 1.97 bits per heavy atom. The molecule has 15 rings (SSSR count). The van der Waals surface area contributed by atoms with Crippen molar-refractivity contribution in [2.75, 3.05) is 9.80 Å². The minimum Gasteiger partial charge on any atom is -0.456 e. The van der Waals surface area contributed by atoms with Crippen LogP contribution in [0.15, 0.2) is 229 Å². The second kappa shape index (κ2) is 14.8. The van der Waals surface area contributed by atoms with Gasteiger partial charge in [0, 0.05) is 75.2 Å². The third-order valence-corrected chi connectivity index (χ3v) is 17.5. The zero-order valence-corrected chi connectivity index (χ0v) is 39.3. The third kappa shape index (κ3) is 5.54. The Labute approximate surface area is 407 Å². The van der Waals surface area contributed by atoms with Crippen LogP contribution in [0.25, 0.3) is 74.5 Å². The van der Waals surface area contributed by atoms with Gasteiger partial charge in [-0.1, -0.05) is 140 Å². The number of thiophene rings is 2. The molecule has 3 heterocycles. The van der Waals surface area contributed by atoms with E-state index in [-0.39, 0.29) is 0 Å². The molecule has 9 aromatic carbocycles. The van der Waals surface area contributed by atoms with Crippen LogP contribution in [0.1, 0.15) is 34.9 Å². The van der Waals surface area contributed by atoms with E-state index in [4.69, 9.17) is 4.42 Å². The molecule has 69 heavy (non-hydrogen) atoms. The lowest BCUT2D eigenvalue weighted by atomic mass is 9.74. The van der Waals surface area contributed by atoms with Crippen molar-refractivity contribution in [3.63, 3.8) is 0 Å². The Balaban J connectivity index is 0.957. The predicted molar refractivity (Wildman–Crippen MR) is 293 cm³/mol. The molecule has 3 nitrogen and oxygen atoms in total. The first-order valence-corrected chi connectivity index (χ1v) is 25.5. The average Bonchev–Trinajstić information content (AvgIpc) is 4.20. The van der Waals surface area contributed by atoms with E-state index in [2.05, 4.69) is 229 Å². The van der Waals surface area contributed by atoms with Gasteiger partial charge in [0.25, 0.3) is 0 Å². The first-order valence-electron chi connectivity index (χ1n) is 23.9. The summed E-state index contributed by atoms with van der Waals surface area (Å²) in [5.41, 5.74) is 17.6. The smallest absolute Gasteiger partial charge is 0.135 e. The summed E-state index contributed by atoms with van der Waals surface area (Å²) in [4.78, 5) is 6.37. The van der Waals surface area contributed by atoms with Gasteiger partial charge in [-0.3, -0.25) is 0 Å². The van der Waals surface area contributed by atoms with Crippen LogP contribution < -0.4 is 9.80 Å². The fourth-order valence-electron chi connectivity index (χ4n) is 12.1. The summed E-state index contributed by atoms with van der Waals surface area (Å²) in [5, 5.41) is 6.16. The zero-order valence-electron chi connectivity index (χ0n) is 37.7. The highest BCUT2D eigenvalue weighted by Gasteiger charge is 2.53. The molecule has 0 bridgehead atoms. The van der Waals surface area contributed by atoms with Crippen molar-refractivity contribution >= 4 is 103 Å². The van der Waals surface area contributed by atoms with Crippen molar-refractivity contribution in [1.82, 2.24) is 0 Å². The molecule has 0 saturated carbocycles. The molecule has 0 fully saturated rings. The van der Waals surface area contributed by atoms with Gasteiger partial charge < -0.3 is 14.2 Å². The quantitative estimate of drug-likeness (QED) is 0.166. The number of rotatable bonds is 6. The van der Waals surface area contributed by atoms with Crippen molar-refractivity contribution in [3.8, 4) is 22.3 Å². The third-order valence-electron chi connectivity index (χ3n) is 15.0. The molecule has 326 valence electrons. The van der Waals surface area contributed by atoms with E-state index in [1.165, 1.54) is 91.2 Å². The summed E-state index contributed by atoms with van der Waals surface area (Å²) in [6, 6.07) is 74.4. The molecule has 12 aromatic rings. The van der Waals surface area contributed by atoms with Crippen LogP contribution in [-0.4, -0.2) is 0 Å². The number of anilines is 5. The summed E-state index contributed by atoms with van der Waals surface area (Å²) >= 11 is 3.86. The molecule has 5 heteroatoms. The van der Waals surface area contributed by atoms with Crippen molar-refractivity contribution in [1.29, 1.82) is 0 Å². The number of allylic oxidation sites excluding steroid dienone is 4. The molecule has 0 aliphatic heterocycles. The average molecular weight is 919 g/mol. The van der Waals surface area contributed by atoms with Gasteiger partial charge >= 0.3 is 0 Å². The second-order valence-corrected chi connectivity index (χ2v) is 20.9. The summed E-state index contributed by atoms with van der Waals surface area (Å²) in [7, 11) is 0. The van der Waals surface area contributed by atoms with Crippen molar-refractivity contribution in [3.05, 3.63) is 246 Å². The summed E-state index contributed by atoms with van der Waals surface area (Å²) < 4.78 is 10.3. The van der Waals surface area contributed by atoms with E-state index in [1.807, 2.05) is 28.7 Å². The molecular weight excluding hydrogens is 877 g/mol. The van der Waals surface area contributed by atoms with Crippen LogP contribution in [0.4, 0.5) is 28.4 Å². The maximum atomic E-state index is 6.32. The molecule has 0 amide bonds. The van der Waals surface area contributed by atoms with E-state index < -0.39 is 5.41 Å². The van der Waals surface area contributed by atoms with E-state index in [9.17, 15) is 0 Å². The van der Waals surface area contributed by atoms with Crippen LogP contribution >= 0.6 is 22.7 Å². The minimum absolute atomic E-state index is 0.435. The number of furan rings is 1. The van der Waals surface area contributed by atoms with Crippen LogP contribution in [-0.2, 0) is 5.41 Å². The van der Waals surface area contributed by atoms with Gasteiger partial charge in [0.2, 0.25) is 0 Å². The Kier molecular flexibility index (Phi) is 8.36. The summed E-state index contributed by atoms with van der Waals surface area (Å²) in [5.74, 6) is 0.435. The number of hydrogen-bond acceptors (Lipinski definition) is 5. The molecule has 0 saturated heterocycles. The number of fused-ring (bicyclic) bond motifs is 18. The molecule has 3 aromatic heterocycles. The SMILES string of the molecule is CC1C=CC=C(N(c2ccc3c(c2)-c2ccccc2C32c3ccc(N(c4ccccc4)c4ccc5oc6ccccc6c5c4)cc3-c3c2sc2ccccc32)c2cccc3c2sc2ccccc23)C1. The molecule has 2 unspecified atom stereocenters. The van der Waals surface area contributed by atoms with Gasteiger partial charge in [0.1, 0.15) is 11.2 Å². The van der Waals surface area contributed by atoms with Crippen molar-refractivity contribution in [2.24, 2.45) is 5.92 Å². The first kappa shape index (κ1) is 39.1. The number of nitrogens with zero attached hydrogens (tertiary/aromatic N) is 2. The Morgan fingerprint density at radius 1 is 0.478 bits per heavy atom. The summed E-state index contributed by atoms with van der Waals surface area (Å²) in [6.45, 7) is 2.33. The van der Waals surface area contributed by atoms with Gasteiger partial charge in [-0.2, -0.15) is 0 Å². The highest BCUT2D eigenvalue weighted by Crippen LogP contribution is 2.67. The number of hydrogen-bond donors (Lipinski definition) is 0. The van der Waals surface area contributed by atoms with Crippen LogP contribution in [0, 0.1) is 5.92 Å². The lowest BCUT2D eigenvalue weighted by Gasteiger charge is -2.32. The fraction of sp³-hybridized carbons (Fsp3) is 0.0625. The molecule has 3 aliphatic carbocycles. The monoisotopic (exact) mass is 918 g/mol. The maximum absolute atomic E-state index is 6.32. The fourth-order valence-corrected chi connectivity index (χ4v) is 14.7. The van der Waals surface area contributed by atoms with Crippen LogP contribution in [0.5, 0.6) is 0 Å². The van der Waals surface area contributed by atoms with Gasteiger partial charge in [-0.05, 0) is 131 Å². The second-order valence-electron chi connectivity index (χ2n) is 18.8. The molecule has 1 spiro atoms. The number of para-hydroxylation sites is 2. The first-order chi connectivity index (χ1) is 34.1. The van der Waals surface area contributed by atoms with Crippen molar-refractivity contribution < 1.29 is 4.42 Å². The van der Waals surface area contributed by atoms with Gasteiger partial charge in [-0.15, -0.1) is 22.7 Å². The zero-order chi connectivity index (χ0) is 45.4. The Hall–Kier alpha value is -7.96. The molecule has 3 aliphatic rings. The topological polar surface area (TPSA) is 19.6 Å². The Bertz CT molecular complexity index is 4170. The molecule has 0 N–H and O–H groups in total. The largest absolute Gasteiger partial charge is 0.456 e. The molecular formula is C64H42N2OS2. The van der Waals surface area contributed by atoms with Crippen LogP contribution in [0.2, 0.25) is 0 Å². The minimum atomic E-state index is -0.499. The highest BCUT2D eigenvalue weighted by atomic mass is 32.1. The normalized spacial score (nSPS) is 16.7. The van der Waals surface area contributed by atoms with E-state index in [0.29, 0.717) is 5.92 Å². The molecule has 2 atom stereocenters. The van der Waals surface area contributed by atoms with Gasteiger partial charge in [-0.25, -0.2) is 0 Å². The predicted octanol–water partition coefficient (Wildman–Crippen LogP) is 18.6. The lowest BCUT2D eigenvalue weighted by Crippen LogP contribution is -2.25. The molecule has 0 radical (unpaired) electrons. The van der Waals surface area contributed by atoms with E-state index in [1.54, 1.807) is 0 Å². The van der Waals surface area contributed by atoms with Crippen LogP contribution in [0.3, 0.4) is 0 Å². The Morgan fingerprint density at radius 2 is 1.12 bits per heavy atom. The van der Waals surface area contributed by atoms with E-state index >= 15 is 0 Å². The standard InChI is InChI=1S/C64H42N2OS2/c1-39-15-13-18-41(35-39)66(56-25-14-23-48-47-21-7-11-27-59(47)68-62(48)56)44-30-32-54-50(36-44)45-19-5-9-24-53(45)64(54)55-33-29-42(38-52(55)61-49-22-8-12-28-60(49)69-63(61)64)65(40-16-3-2-4-17-40)43-31-34-58-51(37-43)46-20-6-10-26-57(46)67-58/h2-34,36-39H,35H2,1H3. The van der Waals surface area contributed by atoms with E-state index in [0.717, 1.165) is 45.4 Å². The van der Waals surface area contributed by atoms with Gasteiger partial charge in [0.15, 0.2) is 0 Å². The maximum Gasteiger partial charge on any atom is 0.135 e. The number of benzene rings is 9. The lowest BCUT2D eigenvalue weighted by molar-refractivity contribution is 0.669.